The number of rotatable bonds is 4. The molecule has 0 unspecified atom stereocenters. The molecule has 2 aromatic rings. The van der Waals surface area contributed by atoms with E-state index in [1.165, 1.54) is 12.1 Å². The summed E-state index contributed by atoms with van der Waals surface area (Å²) in [5, 5.41) is 20.2. The number of aliphatic hydroxyl groups is 1. The van der Waals surface area contributed by atoms with Crippen LogP contribution in [0.25, 0.3) is 11.4 Å². The van der Waals surface area contributed by atoms with Gasteiger partial charge in [-0.2, -0.15) is 0 Å². The standard InChI is InChI=1S/C16H17N3O3S/c20-10-9-18-14-4-2-1-3-13(14)16(23)17-15(18)11-5-7-12(8-6-11)19(21)22/h5-8,20H,1-4,9-10H2. The molecule has 0 fully saturated rings. The predicted octanol–water partition coefficient (Wildman–Crippen LogP) is 3.06. The van der Waals surface area contributed by atoms with E-state index in [0.717, 1.165) is 42.5 Å². The highest BCUT2D eigenvalue weighted by Crippen LogP contribution is 2.28. The molecular weight excluding hydrogens is 314 g/mol. The fourth-order valence-corrected chi connectivity index (χ4v) is 3.37. The van der Waals surface area contributed by atoms with Crippen molar-refractivity contribution in [1.82, 2.24) is 9.55 Å². The summed E-state index contributed by atoms with van der Waals surface area (Å²) >= 11 is 5.44. The van der Waals surface area contributed by atoms with E-state index in [1.54, 1.807) is 12.1 Å². The summed E-state index contributed by atoms with van der Waals surface area (Å²) in [6, 6.07) is 6.28. The molecule has 6 nitrogen and oxygen atoms in total. The number of aromatic nitrogens is 2. The van der Waals surface area contributed by atoms with Crippen molar-refractivity contribution in [2.75, 3.05) is 6.61 Å². The van der Waals surface area contributed by atoms with Crippen molar-refractivity contribution in [3.8, 4) is 11.4 Å². The first kappa shape index (κ1) is 15.8. The number of benzene rings is 1. The largest absolute Gasteiger partial charge is 0.395 e. The van der Waals surface area contributed by atoms with Crippen LogP contribution in [-0.2, 0) is 19.4 Å². The molecule has 0 radical (unpaired) electrons. The van der Waals surface area contributed by atoms with Crippen molar-refractivity contribution in [2.24, 2.45) is 0 Å². The number of hydrogen-bond donors (Lipinski definition) is 1. The van der Waals surface area contributed by atoms with Crippen LogP contribution in [0, 0.1) is 14.8 Å². The molecular formula is C16H17N3O3S. The summed E-state index contributed by atoms with van der Waals surface area (Å²) in [6.07, 6.45) is 4.04. The van der Waals surface area contributed by atoms with E-state index in [2.05, 4.69) is 4.98 Å². The Morgan fingerprint density at radius 3 is 2.61 bits per heavy atom. The molecule has 0 aliphatic heterocycles. The molecule has 23 heavy (non-hydrogen) atoms. The highest BCUT2D eigenvalue weighted by molar-refractivity contribution is 7.71. The number of aliphatic hydroxyl groups excluding tert-OH is 1. The lowest BCUT2D eigenvalue weighted by molar-refractivity contribution is -0.384. The minimum atomic E-state index is -0.426. The highest BCUT2D eigenvalue weighted by Gasteiger charge is 2.19. The van der Waals surface area contributed by atoms with E-state index in [0.29, 0.717) is 17.0 Å². The maximum atomic E-state index is 10.8. The Hall–Kier alpha value is -2.12. The molecule has 0 amide bonds. The average molecular weight is 331 g/mol. The third-order valence-corrected chi connectivity index (χ3v) is 4.48. The quantitative estimate of drug-likeness (QED) is 0.529. The highest BCUT2D eigenvalue weighted by atomic mass is 32.1. The van der Waals surface area contributed by atoms with Crippen molar-refractivity contribution in [3.05, 3.63) is 50.3 Å². The summed E-state index contributed by atoms with van der Waals surface area (Å²) < 4.78 is 2.60. The molecule has 0 saturated heterocycles. The van der Waals surface area contributed by atoms with Gasteiger partial charge in [-0.1, -0.05) is 12.2 Å². The van der Waals surface area contributed by atoms with Crippen LogP contribution in [0.5, 0.6) is 0 Å². The minimum Gasteiger partial charge on any atom is -0.395 e. The Kier molecular flexibility index (Phi) is 4.49. The Morgan fingerprint density at radius 1 is 1.26 bits per heavy atom. The second-order valence-corrected chi connectivity index (χ2v) is 5.94. The molecule has 7 heteroatoms. The average Bonchev–Trinajstić information content (AvgIpc) is 2.57. The number of nitrogens with zero attached hydrogens (tertiary/aromatic N) is 3. The topological polar surface area (TPSA) is 81.2 Å². The van der Waals surface area contributed by atoms with Gasteiger partial charge in [-0.3, -0.25) is 10.1 Å². The summed E-state index contributed by atoms with van der Waals surface area (Å²) in [5.41, 5.74) is 3.05. The molecule has 0 saturated carbocycles. The van der Waals surface area contributed by atoms with Gasteiger partial charge in [-0.05, 0) is 37.8 Å². The monoisotopic (exact) mass is 331 g/mol. The third kappa shape index (κ3) is 3.02. The van der Waals surface area contributed by atoms with Crippen LogP contribution in [0.15, 0.2) is 24.3 Å². The first-order valence-electron chi connectivity index (χ1n) is 7.60. The van der Waals surface area contributed by atoms with Crippen molar-refractivity contribution >= 4 is 17.9 Å². The second-order valence-electron chi connectivity index (χ2n) is 5.55. The van der Waals surface area contributed by atoms with Crippen LogP contribution in [0.3, 0.4) is 0 Å². The zero-order valence-corrected chi connectivity index (χ0v) is 13.4. The first-order valence-corrected chi connectivity index (χ1v) is 8.01. The van der Waals surface area contributed by atoms with Crippen LogP contribution in [0.1, 0.15) is 24.1 Å². The van der Waals surface area contributed by atoms with Gasteiger partial charge in [0.05, 0.1) is 11.5 Å². The van der Waals surface area contributed by atoms with Gasteiger partial charge in [0.2, 0.25) is 0 Å². The van der Waals surface area contributed by atoms with Gasteiger partial charge in [0.15, 0.2) is 0 Å². The SMILES string of the molecule is O=[N+]([O-])c1ccc(-c2nc(=S)c3c(n2CCO)CCCC3)cc1. The fourth-order valence-electron chi connectivity index (χ4n) is 3.06. The van der Waals surface area contributed by atoms with Crippen LogP contribution in [-0.4, -0.2) is 26.2 Å². The van der Waals surface area contributed by atoms with Crippen LogP contribution in [0.4, 0.5) is 5.69 Å². The molecule has 3 rings (SSSR count). The number of non-ortho nitro benzene ring substituents is 1. The minimum absolute atomic E-state index is 0.00947. The van der Waals surface area contributed by atoms with Gasteiger partial charge < -0.3 is 9.67 Å². The molecule has 1 aromatic heterocycles. The lowest BCUT2D eigenvalue weighted by atomic mass is 9.96. The van der Waals surface area contributed by atoms with Gasteiger partial charge in [0, 0.05) is 35.5 Å². The van der Waals surface area contributed by atoms with Crippen LogP contribution in [0.2, 0.25) is 0 Å². The van der Waals surface area contributed by atoms with E-state index in [4.69, 9.17) is 12.2 Å². The van der Waals surface area contributed by atoms with Crippen LogP contribution >= 0.6 is 12.2 Å². The van der Waals surface area contributed by atoms with E-state index in [1.807, 2.05) is 4.57 Å². The molecule has 1 aromatic carbocycles. The maximum Gasteiger partial charge on any atom is 0.269 e. The Bertz CT molecular complexity index is 799. The molecule has 1 N–H and O–H groups in total. The smallest absolute Gasteiger partial charge is 0.269 e. The van der Waals surface area contributed by atoms with Crippen molar-refractivity contribution in [1.29, 1.82) is 0 Å². The predicted molar refractivity (Wildman–Crippen MR) is 88.9 cm³/mol. The number of nitro benzene ring substituents is 1. The van der Waals surface area contributed by atoms with Crippen LogP contribution < -0.4 is 0 Å². The fraction of sp³-hybridized carbons (Fsp3) is 0.375. The Balaban J connectivity index is 2.16. The van der Waals surface area contributed by atoms with Crippen molar-refractivity contribution in [2.45, 2.75) is 32.2 Å². The van der Waals surface area contributed by atoms with E-state index in [-0.39, 0.29) is 12.3 Å². The Morgan fingerprint density at radius 2 is 1.96 bits per heavy atom. The molecule has 120 valence electrons. The van der Waals surface area contributed by atoms with Crippen molar-refractivity contribution in [3.63, 3.8) is 0 Å². The first-order chi connectivity index (χ1) is 11.1. The number of nitro groups is 1. The molecule has 0 spiro atoms. The van der Waals surface area contributed by atoms with Gasteiger partial charge in [0.1, 0.15) is 10.5 Å². The molecule has 1 aliphatic rings. The summed E-state index contributed by atoms with van der Waals surface area (Å²) in [5.74, 6) is 0.666. The van der Waals surface area contributed by atoms with E-state index >= 15 is 0 Å². The second kappa shape index (κ2) is 6.55. The molecule has 1 heterocycles. The number of fused-ring (bicyclic) bond motifs is 1. The lowest BCUT2D eigenvalue weighted by Crippen LogP contribution is -2.19. The van der Waals surface area contributed by atoms with Gasteiger partial charge >= 0.3 is 0 Å². The number of hydrogen-bond acceptors (Lipinski definition) is 5. The van der Waals surface area contributed by atoms with Crippen molar-refractivity contribution < 1.29 is 10.0 Å². The summed E-state index contributed by atoms with van der Waals surface area (Å²) in [4.78, 5) is 14.9. The zero-order valence-electron chi connectivity index (χ0n) is 12.6. The summed E-state index contributed by atoms with van der Waals surface area (Å²) in [7, 11) is 0. The molecule has 0 bridgehead atoms. The van der Waals surface area contributed by atoms with E-state index in [9.17, 15) is 15.2 Å². The van der Waals surface area contributed by atoms with E-state index < -0.39 is 4.92 Å². The third-order valence-electron chi connectivity index (χ3n) is 4.15. The summed E-state index contributed by atoms with van der Waals surface area (Å²) in [6.45, 7) is 0.451. The molecule has 0 atom stereocenters. The zero-order chi connectivity index (χ0) is 16.4. The normalized spacial score (nSPS) is 13.6. The lowest BCUT2D eigenvalue weighted by Gasteiger charge is -2.24. The maximum absolute atomic E-state index is 10.8. The van der Waals surface area contributed by atoms with Gasteiger partial charge in [0.25, 0.3) is 5.69 Å². The van der Waals surface area contributed by atoms with Gasteiger partial charge in [-0.15, -0.1) is 0 Å². The molecule has 1 aliphatic carbocycles. The van der Waals surface area contributed by atoms with Gasteiger partial charge in [-0.25, -0.2) is 4.98 Å². The Labute approximate surface area is 138 Å².